The fourth-order valence-corrected chi connectivity index (χ4v) is 1.46. The van der Waals surface area contributed by atoms with Crippen molar-refractivity contribution in [3.63, 3.8) is 0 Å². The average molecular weight is 185 g/mol. The van der Waals surface area contributed by atoms with Crippen LogP contribution in [0.5, 0.6) is 0 Å². The zero-order chi connectivity index (χ0) is 9.97. The molecule has 2 aromatic rings. The van der Waals surface area contributed by atoms with Gasteiger partial charge in [-0.2, -0.15) is 0 Å². The largest absolute Gasteiger partial charge is 0.404 e. The number of fused-ring (bicyclic) bond motifs is 1. The molecule has 1 heterocycles. The van der Waals surface area contributed by atoms with Crippen LogP contribution in [0.4, 0.5) is 0 Å². The maximum absolute atomic E-state index is 9.03. The summed E-state index contributed by atoms with van der Waals surface area (Å²) in [5.74, 6) is 0. The molecule has 1 aromatic carbocycles. The second-order valence-electron chi connectivity index (χ2n) is 3.54. The molecule has 2 rings (SSSR count). The Morgan fingerprint density at radius 1 is 1.36 bits per heavy atom. The van der Waals surface area contributed by atoms with Crippen molar-refractivity contribution in [3.05, 3.63) is 36.5 Å². The summed E-state index contributed by atoms with van der Waals surface area (Å²) in [4.78, 5) is 4.34. The van der Waals surface area contributed by atoms with Gasteiger partial charge in [0.2, 0.25) is 6.71 Å². The SMILES string of the molecule is CB(CO)c1cnc2ccccc2c1. The topological polar surface area (TPSA) is 33.1 Å². The van der Waals surface area contributed by atoms with Gasteiger partial charge in [0.05, 0.1) is 5.52 Å². The third-order valence-electron chi connectivity index (χ3n) is 2.45. The third-order valence-corrected chi connectivity index (χ3v) is 2.45. The average Bonchev–Trinajstić information content (AvgIpc) is 2.27. The standard InChI is InChI=1S/C11H12BNO/c1-12(8-14)10-6-9-4-2-3-5-11(9)13-7-10/h2-7,14H,8H2,1H3. The second-order valence-corrected chi connectivity index (χ2v) is 3.54. The molecule has 0 radical (unpaired) electrons. The van der Waals surface area contributed by atoms with Gasteiger partial charge in [0.1, 0.15) is 0 Å². The first-order chi connectivity index (χ1) is 6.81. The molecule has 0 fully saturated rings. The monoisotopic (exact) mass is 185 g/mol. The number of rotatable bonds is 2. The molecule has 0 aliphatic carbocycles. The van der Waals surface area contributed by atoms with Crippen LogP contribution in [0, 0.1) is 0 Å². The number of aromatic nitrogens is 1. The van der Waals surface area contributed by atoms with Crippen LogP contribution in [0.2, 0.25) is 6.82 Å². The van der Waals surface area contributed by atoms with Gasteiger partial charge in [-0.15, -0.1) is 0 Å². The molecule has 0 saturated carbocycles. The lowest BCUT2D eigenvalue weighted by molar-refractivity contribution is 0.364. The molecule has 14 heavy (non-hydrogen) atoms. The van der Waals surface area contributed by atoms with Crippen molar-refractivity contribution < 1.29 is 5.11 Å². The fraction of sp³-hybridized carbons (Fsp3) is 0.182. The predicted molar refractivity (Wildman–Crippen MR) is 60.1 cm³/mol. The Morgan fingerprint density at radius 3 is 2.93 bits per heavy atom. The van der Waals surface area contributed by atoms with Crippen LogP contribution in [0.1, 0.15) is 0 Å². The first-order valence-electron chi connectivity index (χ1n) is 4.77. The molecule has 0 aliphatic rings. The van der Waals surface area contributed by atoms with Gasteiger partial charge in [-0.1, -0.05) is 36.6 Å². The molecular weight excluding hydrogens is 173 g/mol. The van der Waals surface area contributed by atoms with Crippen LogP contribution in [0.25, 0.3) is 10.9 Å². The van der Waals surface area contributed by atoms with Crippen molar-refractivity contribution in [1.82, 2.24) is 4.98 Å². The van der Waals surface area contributed by atoms with Gasteiger partial charge >= 0.3 is 0 Å². The van der Waals surface area contributed by atoms with Crippen LogP contribution in [-0.2, 0) is 0 Å². The number of benzene rings is 1. The zero-order valence-corrected chi connectivity index (χ0v) is 8.14. The summed E-state index contributed by atoms with van der Waals surface area (Å²) in [7, 11) is 0. The van der Waals surface area contributed by atoms with Gasteiger partial charge in [-0.05, 0) is 11.5 Å². The number of pyridine rings is 1. The molecule has 3 heteroatoms. The van der Waals surface area contributed by atoms with Crippen molar-refractivity contribution in [1.29, 1.82) is 0 Å². The highest BCUT2D eigenvalue weighted by molar-refractivity contribution is 6.71. The van der Waals surface area contributed by atoms with E-state index in [-0.39, 0.29) is 13.2 Å². The molecular formula is C11H12BNO. The Hall–Kier alpha value is -1.35. The van der Waals surface area contributed by atoms with Gasteiger partial charge in [0.25, 0.3) is 0 Å². The molecule has 0 aliphatic heterocycles. The number of aliphatic hydroxyl groups is 1. The zero-order valence-electron chi connectivity index (χ0n) is 8.14. The van der Waals surface area contributed by atoms with Crippen LogP contribution >= 0.6 is 0 Å². The van der Waals surface area contributed by atoms with E-state index in [1.165, 1.54) is 0 Å². The first kappa shape index (κ1) is 9.22. The number of nitrogens with zero attached hydrogens (tertiary/aromatic N) is 1. The number of para-hydroxylation sites is 1. The van der Waals surface area contributed by atoms with Gasteiger partial charge < -0.3 is 5.11 Å². The van der Waals surface area contributed by atoms with E-state index < -0.39 is 0 Å². The molecule has 1 N–H and O–H groups in total. The highest BCUT2D eigenvalue weighted by atomic mass is 16.2. The van der Waals surface area contributed by atoms with Gasteiger partial charge in [0, 0.05) is 12.7 Å². The minimum Gasteiger partial charge on any atom is -0.404 e. The van der Waals surface area contributed by atoms with E-state index in [1.54, 1.807) is 0 Å². The summed E-state index contributed by atoms with van der Waals surface area (Å²) < 4.78 is 0. The molecule has 0 unspecified atom stereocenters. The highest BCUT2D eigenvalue weighted by Crippen LogP contribution is 2.08. The Balaban J connectivity index is 2.51. The number of hydrogen-bond acceptors (Lipinski definition) is 2. The van der Waals surface area contributed by atoms with E-state index in [9.17, 15) is 0 Å². The van der Waals surface area contributed by atoms with E-state index in [0.717, 1.165) is 16.4 Å². The lowest BCUT2D eigenvalue weighted by atomic mass is 9.48. The maximum Gasteiger partial charge on any atom is 0.204 e. The first-order valence-corrected chi connectivity index (χ1v) is 4.77. The predicted octanol–water partition coefficient (Wildman–Crippen LogP) is 1.10. The van der Waals surface area contributed by atoms with Gasteiger partial charge in [0.15, 0.2) is 0 Å². The molecule has 1 aromatic heterocycles. The lowest BCUT2D eigenvalue weighted by Crippen LogP contribution is -2.30. The number of hydrogen-bond donors (Lipinski definition) is 1. The van der Waals surface area contributed by atoms with Crippen LogP contribution < -0.4 is 5.46 Å². The lowest BCUT2D eigenvalue weighted by Gasteiger charge is -2.05. The molecule has 0 amide bonds. The van der Waals surface area contributed by atoms with Crippen molar-refractivity contribution in [3.8, 4) is 0 Å². The molecule has 0 bridgehead atoms. The molecule has 2 nitrogen and oxygen atoms in total. The summed E-state index contributed by atoms with van der Waals surface area (Å²) in [6.07, 6.45) is 1.84. The van der Waals surface area contributed by atoms with Crippen molar-refractivity contribution in [2.45, 2.75) is 6.82 Å². The number of aliphatic hydroxyl groups excluding tert-OH is 1. The molecule has 0 atom stereocenters. The normalized spacial score (nSPS) is 10.4. The highest BCUT2D eigenvalue weighted by Gasteiger charge is 2.08. The van der Waals surface area contributed by atoms with E-state index in [4.69, 9.17) is 5.11 Å². The molecule has 70 valence electrons. The van der Waals surface area contributed by atoms with E-state index >= 15 is 0 Å². The van der Waals surface area contributed by atoms with Gasteiger partial charge in [-0.3, -0.25) is 4.98 Å². The van der Waals surface area contributed by atoms with Crippen LogP contribution in [0.3, 0.4) is 0 Å². The van der Waals surface area contributed by atoms with E-state index in [0.29, 0.717) is 0 Å². The van der Waals surface area contributed by atoms with Crippen molar-refractivity contribution in [2.75, 3.05) is 6.51 Å². The molecule has 0 saturated heterocycles. The summed E-state index contributed by atoms with van der Waals surface area (Å²) >= 11 is 0. The molecule has 0 spiro atoms. The summed E-state index contributed by atoms with van der Waals surface area (Å²) in [5, 5.41) is 10.2. The summed E-state index contributed by atoms with van der Waals surface area (Å²) in [6.45, 7) is 2.32. The van der Waals surface area contributed by atoms with Crippen LogP contribution in [0.15, 0.2) is 36.5 Å². The Morgan fingerprint density at radius 2 is 2.14 bits per heavy atom. The van der Waals surface area contributed by atoms with Crippen molar-refractivity contribution in [2.24, 2.45) is 0 Å². The quantitative estimate of drug-likeness (QED) is 0.710. The fourth-order valence-electron chi connectivity index (χ4n) is 1.46. The Bertz CT molecular complexity index is 444. The maximum atomic E-state index is 9.03. The van der Waals surface area contributed by atoms with Crippen molar-refractivity contribution >= 4 is 23.1 Å². The van der Waals surface area contributed by atoms with Crippen LogP contribution in [-0.4, -0.2) is 23.3 Å². The summed E-state index contributed by atoms with van der Waals surface area (Å²) in [5.41, 5.74) is 2.09. The summed E-state index contributed by atoms with van der Waals surface area (Å²) in [6, 6.07) is 10.1. The van der Waals surface area contributed by atoms with E-state index in [2.05, 4.69) is 11.1 Å². The third kappa shape index (κ3) is 1.63. The minimum absolute atomic E-state index is 0.159. The van der Waals surface area contributed by atoms with Gasteiger partial charge in [-0.25, -0.2) is 0 Å². The smallest absolute Gasteiger partial charge is 0.204 e. The Labute approximate surface area is 83.7 Å². The van der Waals surface area contributed by atoms with E-state index in [1.807, 2.05) is 37.3 Å². The Kier molecular flexibility index (Phi) is 2.50. The minimum atomic E-state index is 0.159. The second kappa shape index (κ2) is 3.80.